The highest BCUT2D eigenvalue weighted by Crippen LogP contribution is 2.06. The van der Waals surface area contributed by atoms with Gasteiger partial charge < -0.3 is 0 Å². The van der Waals surface area contributed by atoms with Crippen molar-refractivity contribution in [2.24, 2.45) is 0 Å². The van der Waals surface area contributed by atoms with Crippen molar-refractivity contribution in [1.29, 1.82) is 0 Å². The zero-order valence-electron chi connectivity index (χ0n) is 5.36. The zero-order valence-corrected chi connectivity index (χ0v) is 8.71. The van der Waals surface area contributed by atoms with Crippen LogP contribution in [-0.2, 0) is 33.0 Å². The van der Waals surface area contributed by atoms with E-state index in [1.807, 2.05) is 13.8 Å². The lowest BCUT2D eigenvalue weighted by Gasteiger charge is -2.09. The van der Waals surface area contributed by atoms with E-state index < -0.39 is 6.46 Å². The molecule has 0 aliphatic carbocycles. The molecule has 0 saturated carbocycles. The Hall–Kier alpha value is 1.10. The molecule has 0 aromatic carbocycles. The molecule has 1 atom stereocenters. The second-order valence-electron chi connectivity index (χ2n) is 1.74. The maximum Gasteiger partial charge on any atom is 0.0706 e. The largest absolute Gasteiger partial charge is 0.299 e. The highest BCUT2D eigenvalue weighted by molar-refractivity contribution is 8.91. The lowest BCUT2D eigenvalue weighted by molar-refractivity contribution is 0.260. The van der Waals surface area contributed by atoms with Crippen molar-refractivity contribution >= 4 is 40.5 Å². The molecule has 0 fully saturated rings. The van der Waals surface area contributed by atoms with E-state index in [9.17, 15) is 0 Å². The molecule has 0 unspecified atom stereocenters. The zero-order chi connectivity index (χ0) is 7.49. The Labute approximate surface area is 71.0 Å². The summed E-state index contributed by atoms with van der Waals surface area (Å²) in [7, 11) is 0. The van der Waals surface area contributed by atoms with Gasteiger partial charge in [-0.2, -0.15) is 0 Å². The van der Waals surface area contributed by atoms with Crippen molar-refractivity contribution in [3.8, 4) is 0 Å². The first-order valence-corrected chi connectivity index (χ1v) is 7.07. The van der Waals surface area contributed by atoms with E-state index in [0.29, 0.717) is 0 Å². The van der Waals surface area contributed by atoms with Gasteiger partial charge in [0.1, 0.15) is 0 Å². The normalized spacial score (nSPS) is 15.4. The smallest absolute Gasteiger partial charge is 0.0706 e. The Kier molecular flexibility index (Phi) is 4.58. The number of hydrogen-bond acceptors (Lipinski definition) is 3. The predicted molar refractivity (Wildman–Crippen MR) is 51.9 cm³/mol. The van der Waals surface area contributed by atoms with Crippen molar-refractivity contribution in [1.82, 2.24) is 0 Å². The highest BCUT2D eigenvalue weighted by Gasteiger charge is 2.01. The molecule has 0 amide bonds. The summed E-state index contributed by atoms with van der Waals surface area (Å²) in [6, 6.07) is 0. The molecular weight excluding hydrogens is 192 g/mol. The molecule has 9 heavy (non-hydrogen) atoms. The third kappa shape index (κ3) is 6.99. The second-order valence-corrected chi connectivity index (χ2v) is 9.27. The Morgan fingerprint density at radius 2 is 2.11 bits per heavy atom. The standard InChI is InChI=1S/C4H10OS4/c1-3-4(2)5-9(6,7)8/h4H,3H2,1-2H3,(H,6,7,8)/t4-/m0/s1. The van der Waals surface area contributed by atoms with Crippen molar-refractivity contribution < 1.29 is 4.18 Å². The van der Waals surface area contributed by atoms with Gasteiger partial charge in [0, 0.05) is 0 Å². The minimum Gasteiger partial charge on any atom is -0.299 e. The van der Waals surface area contributed by atoms with Crippen LogP contribution in [0.2, 0.25) is 0 Å². The van der Waals surface area contributed by atoms with Gasteiger partial charge in [-0.3, -0.25) is 4.18 Å². The van der Waals surface area contributed by atoms with Crippen LogP contribution in [-0.4, -0.2) is 6.10 Å². The summed E-state index contributed by atoms with van der Waals surface area (Å²) < 4.78 is 5.16. The summed E-state index contributed by atoms with van der Waals surface area (Å²) in [6.45, 7) is 2.09. The lowest BCUT2D eigenvalue weighted by atomic mass is 10.3. The van der Waals surface area contributed by atoms with Crippen LogP contribution in [0.5, 0.6) is 0 Å². The molecule has 0 N–H and O–H groups in total. The Balaban J connectivity index is 3.75. The first kappa shape index (κ1) is 10.1. The molecule has 0 aliphatic rings. The van der Waals surface area contributed by atoms with Gasteiger partial charge in [0.25, 0.3) is 0 Å². The van der Waals surface area contributed by atoms with Crippen LogP contribution in [0.3, 0.4) is 0 Å². The van der Waals surface area contributed by atoms with Crippen LogP contribution < -0.4 is 0 Å². The highest BCUT2D eigenvalue weighted by atomic mass is 33.5. The van der Waals surface area contributed by atoms with E-state index in [1.54, 1.807) is 0 Å². The van der Waals surface area contributed by atoms with Gasteiger partial charge >= 0.3 is 0 Å². The molecule has 0 aromatic heterocycles. The van der Waals surface area contributed by atoms with Gasteiger partial charge in [-0.1, -0.05) is 18.6 Å². The van der Waals surface area contributed by atoms with E-state index in [4.69, 9.17) is 26.6 Å². The van der Waals surface area contributed by atoms with E-state index in [0.717, 1.165) is 6.42 Å². The third-order valence-corrected chi connectivity index (χ3v) is 2.16. The topological polar surface area (TPSA) is 9.23 Å². The van der Waals surface area contributed by atoms with Crippen LogP contribution >= 0.6 is 11.7 Å². The van der Waals surface area contributed by atoms with Crippen molar-refractivity contribution in [3.05, 3.63) is 0 Å². The van der Waals surface area contributed by atoms with Crippen molar-refractivity contribution in [2.45, 2.75) is 26.4 Å². The fourth-order valence-electron chi connectivity index (χ4n) is 0.276. The molecule has 0 bridgehead atoms. The molecule has 0 rings (SSSR count). The van der Waals surface area contributed by atoms with Gasteiger partial charge in [-0.15, -0.1) is 0 Å². The lowest BCUT2D eigenvalue weighted by Crippen LogP contribution is -2.07. The molecule has 0 radical (unpaired) electrons. The van der Waals surface area contributed by atoms with Gasteiger partial charge in [0.05, 0.1) is 12.6 Å². The Morgan fingerprint density at radius 3 is 2.22 bits per heavy atom. The van der Waals surface area contributed by atoms with Crippen LogP contribution in [0.1, 0.15) is 20.3 Å². The quantitative estimate of drug-likeness (QED) is 0.551. The Bertz CT molecular complexity index is 159. The third-order valence-electron chi connectivity index (χ3n) is 0.861. The maximum atomic E-state index is 5.16. The molecule has 0 saturated heterocycles. The summed E-state index contributed by atoms with van der Waals surface area (Å²) in [5.74, 6) is 0. The summed E-state index contributed by atoms with van der Waals surface area (Å²) in [5, 5.41) is 0. The van der Waals surface area contributed by atoms with E-state index in [-0.39, 0.29) is 6.10 Å². The summed E-state index contributed by atoms with van der Waals surface area (Å²) in [4.78, 5) is 0. The average molecular weight is 202 g/mol. The average Bonchev–Trinajstić information content (AvgIpc) is 1.62. The Morgan fingerprint density at radius 1 is 1.67 bits per heavy atom. The van der Waals surface area contributed by atoms with Gasteiger partial charge in [-0.05, 0) is 35.7 Å². The number of rotatable bonds is 3. The number of hydrogen-bond donors (Lipinski definition) is 1. The fraction of sp³-hybridized carbons (Fsp3) is 1.00. The van der Waals surface area contributed by atoms with Crippen LogP contribution in [0.4, 0.5) is 0 Å². The number of thiol groups is 1. The summed E-state index contributed by atoms with van der Waals surface area (Å²) in [5.41, 5.74) is 0. The molecule has 0 aliphatic heterocycles. The second kappa shape index (κ2) is 4.08. The minimum atomic E-state index is -1.87. The minimum absolute atomic E-state index is 0.146. The SMILES string of the molecule is CC[C@H](C)OS(=S)(=S)S. The summed E-state index contributed by atoms with van der Waals surface area (Å²) in [6.07, 6.45) is 1.08. The molecule has 0 heterocycles. The van der Waals surface area contributed by atoms with E-state index in [1.165, 1.54) is 0 Å². The molecular formula is C4H10OS4. The first-order chi connectivity index (χ1) is 3.95. The summed E-state index contributed by atoms with van der Waals surface area (Å²) >= 11 is 13.5. The van der Waals surface area contributed by atoms with E-state index in [2.05, 4.69) is 11.7 Å². The molecule has 56 valence electrons. The monoisotopic (exact) mass is 202 g/mol. The molecule has 0 aromatic rings. The first-order valence-electron chi connectivity index (χ1n) is 2.61. The van der Waals surface area contributed by atoms with Crippen LogP contribution in [0.25, 0.3) is 0 Å². The van der Waals surface area contributed by atoms with Crippen molar-refractivity contribution in [3.63, 3.8) is 0 Å². The van der Waals surface area contributed by atoms with Crippen LogP contribution in [0, 0.1) is 0 Å². The van der Waals surface area contributed by atoms with E-state index >= 15 is 0 Å². The van der Waals surface area contributed by atoms with Gasteiger partial charge in [0.15, 0.2) is 0 Å². The predicted octanol–water partition coefficient (Wildman–Crippen LogP) is 1.64. The molecule has 1 nitrogen and oxygen atoms in total. The maximum absolute atomic E-state index is 5.16. The van der Waals surface area contributed by atoms with Crippen LogP contribution in [0.15, 0.2) is 0 Å². The fourth-order valence-corrected chi connectivity index (χ4v) is 2.07. The van der Waals surface area contributed by atoms with Gasteiger partial charge in [-0.25, -0.2) is 0 Å². The van der Waals surface area contributed by atoms with Crippen molar-refractivity contribution in [2.75, 3.05) is 0 Å². The van der Waals surface area contributed by atoms with Gasteiger partial charge in [0.2, 0.25) is 0 Å². The molecule has 0 spiro atoms. The molecule has 5 heteroatoms.